The standard InChI is InChI=1S/C17H13F3N2OS/c18-17(19,20)12-6-4-5-11(9-12)10-14-15(23)22-16(24-14)21-13-7-2-1-3-8-13/h1-9,14H,10H2,(H,21,22,23)/t14-/m0/s1. The van der Waals surface area contributed by atoms with Crippen LogP contribution in [-0.2, 0) is 17.4 Å². The quantitative estimate of drug-likeness (QED) is 0.903. The summed E-state index contributed by atoms with van der Waals surface area (Å²) in [6.45, 7) is 0. The molecule has 0 spiro atoms. The number of benzene rings is 2. The number of thioether (sulfide) groups is 1. The minimum Gasteiger partial charge on any atom is -0.304 e. The van der Waals surface area contributed by atoms with Crippen molar-refractivity contribution in [2.45, 2.75) is 17.8 Å². The molecule has 0 saturated carbocycles. The number of carbonyl (C=O) groups is 1. The summed E-state index contributed by atoms with van der Waals surface area (Å²) in [7, 11) is 0. The van der Waals surface area contributed by atoms with Crippen molar-refractivity contribution in [3.8, 4) is 0 Å². The highest BCUT2D eigenvalue weighted by atomic mass is 32.2. The fourth-order valence-electron chi connectivity index (χ4n) is 2.30. The summed E-state index contributed by atoms with van der Waals surface area (Å²) < 4.78 is 38.3. The Bertz CT molecular complexity index is 775. The van der Waals surface area contributed by atoms with Crippen molar-refractivity contribution in [3.05, 3.63) is 65.7 Å². The lowest BCUT2D eigenvalue weighted by molar-refractivity contribution is -0.137. The number of nitrogens with one attached hydrogen (secondary N) is 1. The van der Waals surface area contributed by atoms with Gasteiger partial charge < -0.3 is 5.32 Å². The summed E-state index contributed by atoms with van der Waals surface area (Å²) in [5.74, 6) is -0.243. The van der Waals surface area contributed by atoms with E-state index in [1.165, 1.54) is 17.8 Å². The van der Waals surface area contributed by atoms with Crippen LogP contribution in [0.2, 0.25) is 0 Å². The van der Waals surface area contributed by atoms with Crippen LogP contribution in [0, 0.1) is 0 Å². The van der Waals surface area contributed by atoms with Crippen molar-refractivity contribution in [1.29, 1.82) is 0 Å². The van der Waals surface area contributed by atoms with Gasteiger partial charge in [-0.3, -0.25) is 4.79 Å². The molecule has 1 aliphatic heterocycles. The molecule has 1 amide bonds. The summed E-state index contributed by atoms with van der Waals surface area (Å²) in [4.78, 5) is 16.4. The van der Waals surface area contributed by atoms with E-state index in [1.807, 2.05) is 18.2 Å². The highest BCUT2D eigenvalue weighted by molar-refractivity contribution is 8.15. The van der Waals surface area contributed by atoms with Crippen molar-refractivity contribution in [3.63, 3.8) is 0 Å². The number of amidine groups is 1. The third kappa shape index (κ3) is 3.97. The average molecular weight is 350 g/mol. The van der Waals surface area contributed by atoms with Crippen LogP contribution in [0.15, 0.2) is 59.6 Å². The normalized spacial score (nSPS) is 19.5. The van der Waals surface area contributed by atoms with Gasteiger partial charge in [0, 0.05) is 0 Å². The molecule has 0 aromatic heterocycles. The van der Waals surface area contributed by atoms with Crippen LogP contribution in [0.25, 0.3) is 0 Å². The van der Waals surface area contributed by atoms with Crippen molar-refractivity contribution in [1.82, 2.24) is 5.32 Å². The van der Waals surface area contributed by atoms with E-state index in [4.69, 9.17) is 0 Å². The van der Waals surface area contributed by atoms with Gasteiger partial charge in [-0.15, -0.1) is 0 Å². The second-order valence-corrected chi connectivity index (χ2v) is 6.44. The van der Waals surface area contributed by atoms with Crippen LogP contribution < -0.4 is 5.32 Å². The summed E-state index contributed by atoms with van der Waals surface area (Å²) in [6, 6.07) is 14.2. The number of hydrogen-bond acceptors (Lipinski definition) is 3. The Labute approximate surface area is 141 Å². The van der Waals surface area contributed by atoms with Crippen LogP contribution in [0.5, 0.6) is 0 Å². The third-order valence-corrected chi connectivity index (χ3v) is 4.52. The van der Waals surface area contributed by atoms with Crippen LogP contribution in [0.4, 0.5) is 18.9 Å². The first-order valence-corrected chi connectivity index (χ1v) is 8.07. The smallest absolute Gasteiger partial charge is 0.304 e. The first-order chi connectivity index (χ1) is 11.4. The second-order valence-electron chi connectivity index (χ2n) is 5.25. The van der Waals surface area contributed by atoms with Gasteiger partial charge in [0.25, 0.3) is 0 Å². The van der Waals surface area contributed by atoms with E-state index in [1.54, 1.807) is 18.2 Å². The fraction of sp³-hybridized carbons (Fsp3) is 0.176. The average Bonchev–Trinajstić information content (AvgIpc) is 2.87. The molecular weight excluding hydrogens is 337 g/mol. The van der Waals surface area contributed by atoms with Gasteiger partial charge >= 0.3 is 6.18 Å². The first-order valence-electron chi connectivity index (χ1n) is 7.19. The number of nitrogens with zero attached hydrogens (tertiary/aromatic N) is 1. The van der Waals surface area contributed by atoms with Crippen LogP contribution in [0.1, 0.15) is 11.1 Å². The molecule has 1 N–H and O–H groups in total. The second kappa shape index (κ2) is 6.68. The molecule has 3 nitrogen and oxygen atoms in total. The number of rotatable bonds is 3. The highest BCUT2D eigenvalue weighted by Gasteiger charge is 2.33. The number of alkyl halides is 3. The number of carbonyl (C=O) groups excluding carboxylic acids is 1. The van der Waals surface area contributed by atoms with E-state index in [2.05, 4.69) is 10.3 Å². The van der Waals surface area contributed by atoms with Crippen molar-refractivity contribution in [2.75, 3.05) is 0 Å². The van der Waals surface area contributed by atoms with Gasteiger partial charge in [-0.05, 0) is 30.2 Å². The van der Waals surface area contributed by atoms with Gasteiger partial charge in [0.05, 0.1) is 16.5 Å². The fourth-order valence-corrected chi connectivity index (χ4v) is 3.33. The molecule has 0 aliphatic carbocycles. The molecular formula is C17H13F3N2OS. The van der Waals surface area contributed by atoms with E-state index in [0.29, 0.717) is 16.4 Å². The zero-order valence-electron chi connectivity index (χ0n) is 12.4. The molecule has 2 aromatic carbocycles. The lowest BCUT2D eigenvalue weighted by Gasteiger charge is -2.10. The highest BCUT2D eigenvalue weighted by Crippen LogP contribution is 2.31. The first kappa shape index (κ1) is 16.6. The monoisotopic (exact) mass is 350 g/mol. The van der Waals surface area contributed by atoms with Gasteiger partial charge in [-0.1, -0.05) is 48.2 Å². The van der Waals surface area contributed by atoms with Crippen LogP contribution in [0.3, 0.4) is 0 Å². The number of halogens is 3. The van der Waals surface area contributed by atoms with Gasteiger partial charge in [0.1, 0.15) is 0 Å². The topological polar surface area (TPSA) is 41.5 Å². The summed E-state index contributed by atoms with van der Waals surface area (Å²) >= 11 is 1.23. The third-order valence-electron chi connectivity index (χ3n) is 3.44. The molecule has 1 aliphatic rings. The Morgan fingerprint density at radius 1 is 1.08 bits per heavy atom. The lowest BCUT2D eigenvalue weighted by atomic mass is 10.1. The van der Waals surface area contributed by atoms with E-state index in [-0.39, 0.29) is 12.3 Å². The maximum Gasteiger partial charge on any atom is 0.416 e. The molecule has 1 atom stereocenters. The zero-order valence-corrected chi connectivity index (χ0v) is 13.2. The molecule has 0 radical (unpaired) electrons. The van der Waals surface area contributed by atoms with Crippen molar-refractivity contribution >= 4 is 28.5 Å². The Kier molecular flexibility index (Phi) is 4.62. The lowest BCUT2D eigenvalue weighted by Crippen LogP contribution is -2.26. The molecule has 7 heteroatoms. The number of para-hydroxylation sites is 1. The van der Waals surface area contributed by atoms with Gasteiger partial charge in [-0.25, -0.2) is 4.99 Å². The molecule has 0 bridgehead atoms. The van der Waals surface area contributed by atoms with E-state index in [9.17, 15) is 18.0 Å². The molecule has 1 heterocycles. The minimum absolute atomic E-state index is 0.216. The maximum absolute atomic E-state index is 12.8. The summed E-state index contributed by atoms with van der Waals surface area (Å²) in [5.41, 5.74) is 0.472. The molecule has 124 valence electrons. The largest absolute Gasteiger partial charge is 0.416 e. The summed E-state index contributed by atoms with van der Waals surface area (Å²) in [6.07, 6.45) is -4.17. The maximum atomic E-state index is 12.8. The molecule has 1 saturated heterocycles. The Balaban J connectivity index is 1.73. The van der Waals surface area contributed by atoms with Gasteiger partial charge in [-0.2, -0.15) is 13.2 Å². The number of hydrogen-bond donors (Lipinski definition) is 1. The predicted molar refractivity (Wildman–Crippen MR) is 88.2 cm³/mol. The van der Waals surface area contributed by atoms with E-state index in [0.717, 1.165) is 12.1 Å². The van der Waals surface area contributed by atoms with E-state index < -0.39 is 17.0 Å². The minimum atomic E-state index is -4.39. The molecule has 2 aromatic rings. The van der Waals surface area contributed by atoms with Gasteiger partial charge in [0.15, 0.2) is 5.17 Å². The number of amides is 1. The van der Waals surface area contributed by atoms with E-state index >= 15 is 0 Å². The molecule has 24 heavy (non-hydrogen) atoms. The Morgan fingerprint density at radius 2 is 1.83 bits per heavy atom. The summed E-state index contributed by atoms with van der Waals surface area (Å²) in [5, 5.41) is 2.64. The predicted octanol–water partition coefficient (Wildman–Crippen LogP) is 4.17. The Morgan fingerprint density at radius 3 is 2.54 bits per heavy atom. The molecule has 1 fully saturated rings. The van der Waals surface area contributed by atoms with Gasteiger partial charge in [0.2, 0.25) is 5.91 Å². The van der Waals surface area contributed by atoms with Crippen molar-refractivity contribution in [2.24, 2.45) is 4.99 Å². The van der Waals surface area contributed by atoms with Crippen molar-refractivity contribution < 1.29 is 18.0 Å². The molecule has 3 rings (SSSR count). The molecule has 0 unspecified atom stereocenters. The van der Waals surface area contributed by atoms with Crippen LogP contribution >= 0.6 is 11.8 Å². The zero-order chi connectivity index (χ0) is 17.2. The van der Waals surface area contributed by atoms with Crippen LogP contribution in [-0.4, -0.2) is 16.3 Å². The Hall–Kier alpha value is -2.28. The SMILES string of the molecule is O=C1NC(=Nc2ccccc2)S[C@H]1Cc1cccc(C(F)(F)F)c1. The number of aliphatic imine (C=N–C) groups is 1.